The van der Waals surface area contributed by atoms with E-state index in [4.69, 9.17) is 4.74 Å². The van der Waals surface area contributed by atoms with E-state index < -0.39 is 0 Å². The van der Waals surface area contributed by atoms with E-state index in [-0.39, 0.29) is 24.1 Å². The van der Waals surface area contributed by atoms with Gasteiger partial charge in [-0.05, 0) is 50.2 Å². The van der Waals surface area contributed by atoms with Gasteiger partial charge in [-0.3, -0.25) is 9.59 Å². The first kappa shape index (κ1) is 20.7. The summed E-state index contributed by atoms with van der Waals surface area (Å²) in [7, 11) is 0. The Kier molecular flexibility index (Phi) is 7.13. The molecule has 8 heteroatoms. The van der Waals surface area contributed by atoms with Crippen molar-refractivity contribution in [2.24, 2.45) is 0 Å². The van der Waals surface area contributed by atoms with Crippen molar-refractivity contribution in [3.63, 3.8) is 0 Å². The summed E-state index contributed by atoms with van der Waals surface area (Å²) in [6, 6.07) is 15.0. The summed E-state index contributed by atoms with van der Waals surface area (Å²) in [5, 5.41) is 6.18. The van der Waals surface area contributed by atoms with Gasteiger partial charge in [-0.2, -0.15) is 0 Å². The van der Waals surface area contributed by atoms with Gasteiger partial charge in [-0.15, -0.1) is 0 Å². The molecule has 3 rings (SSSR count). The molecule has 0 atom stereocenters. The van der Waals surface area contributed by atoms with Crippen molar-refractivity contribution >= 4 is 40.3 Å². The molecule has 0 spiro atoms. The van der Waals surface area contributed by atoms with Crippen molar-refractivity contribution < 1.29 is 14.3 Å². The molecule has 0 aliphatic carbocycles. The summed E-state index contributed by atoms with van der Waals surface area (Å²) in [6.45, 7) is 5.23. The number of anilines is 1. The van der Waals surface area contributed by atoms with Gasteiger partial charge in [-0.1, -0.05) is 23.9 Å². The van der Waals surface area contributed by atoms with E-state index in [2.05, 4.69) is 20.2 Å². The highest BCUT2D eigenvalue weighted by molar-refractivity contribution is 7.99. The summed E-state index contributed by atoms with van der Waals surface area (Å²) in [4.78, 5) is 28.8. The van der Waals surface area contributed by atoms with Gasteiger partial charge in [0.25, 0.3) is 0 Å². The van der Waals surface area contributed by atoms with Crippen LogP contribution in [-0.2, 0) is 16.1 Å². The van der Waals surface area contributed by atoms with Crippen molar-refractivity contribution in [3.8, 4) is 5.75 Å². The fourth-order valence-electron chi connectivity index (χ4n) is 2.84. The van der Waals surface area contributed by atoms with Crippen molar-refractivity contribution in [1.29, 1.82) is 0 Å². The van der Waals surface area contributed by atoms with Crippen molar-refractivity contribution in [2.45, 2.75) is 25.5 Å². The zero-order valence-electron chi connectivity index (χ0n) is 16.5. The lowest BCUT2D eigenvalue weighted by molar-refractivity contribution is -0.122. The van der Waals surface area contributed by atoms with Crippen LogP contribution in [0.15, 0.2) is 53.7 Å². The first-order valence-electron chi connectivity index (χ1n) is 9.48. The highest BCUT2D eigenvalue weighted by atomic mass is 32.2. The highest BCUT2D eigenvalue weighted by Gasteiger charge is 2.12. The lowest BCUT2D eigenvalue weighted by Crippen LogP contribution is -2.33. The number of amides is 2. The molecule has 29 heavy (non-hydrogen) atoms. The third kappa shape index (κ3) is 5.51. The number of hydrogen-bond donors (Lipinski definition) is 2. The Morgan fingerprint density at radius 3 is 2.55 bits per heavy atom. The Bertz CT molecular complexity index is 985. The average Bonchev–Trinajstić information content (AvgIpc) is 3.10. The molecule has 0 saturated heterocycles. The molecule has 0 aliphatic heterocycles. The molecule has 7 nitrogen and oxygen atoms in total. The zero-order chi connectivity index (χ0) is 20.6. The summed E-state index contributed by atoms with van der Waals surface area (Å²) in [5.41, 5.74) is 2.61. The predicted octanol–water partition coefficient (Wildman–Crippen LogP) is 3.30. The number of rotatable bonds is 9. The standard InChI is InChI=1S/C21H24N4O3S/c1-3-25-18-8-6-5-7-17(18)24-21(25)29-14-20(27)22-13-19(26)23-15-9-11-16(12-10-15)28-4-2/h5-12H,3-4,13-14H2,1-2H3,(H,22,27)(H,23,26). The molecule has 0 aliphatic rings. The van der Waals surface area contributed by atoms with Crippen molar-refractivity contribution in [2.75, 3.05) is 24.2 Å². The maximum atomic E-state index is 12.1. The lowest BCUT2D eigenvalue weighted by atomic mass is 10.3. The second-order valence-corrected chi connectivity index (χ2v) is 7.14. The van der Waals surface area contributed by atoms with E-state index in [1.807, 2.05) is 38.1 Å². The van der Waals surface area contributed by atoms with E-state index in [0.29, 0.717) is 12.3 Å². The van der Waals surface area contributed by atoms with Crippen LogP contribution in [0.5, 0.6) is 5.75 Å². The van der Waals surface area contributed by atoms with E-state index in [0.717, 1.165) is 28.5 Å². The molecule has 0 radical (unpaired) electrons. The number of carbonyl (C=O) groups excluding carboxylic acids is 2. The molecule has 2 amide bonds. The third-order valence-corrected chi connectivity index (χ3v) is 5.14. The Hall–Kier alpha value is -3.00. The quantitative estimate of drug-likeness (QED) is 0.527. The maximum Gasteiger partial charge on any atom is 0.243 e. The van der Waals surface area contributed by atoms with Gasteiger partial charge < -0.3 is 19.9 Å². The van der Waals surface area contributed by atoms with Gasteiger partial charge in [0, 0.05) is 12.2 Å². The topological polar surface area (TPSA) is 85.2 Å². The summed E-state index contributed by atoms with van der Waals surface area (Å²) >= 11 is 1.36. The molecule has 0 saturated carbocycles. The fraction of sp³-hybridized carbons (Fsp3) is 0.286. The smallest absolute Gasteiger partial charge is 0.243 e. The molecule has 0 bridgehead atoms. The molecular formula is C21H24N4O3S. The Balaban J connectivity index is 1.47. The van der Waals surface area contributed by atoms with Crippen LogP contribution in [0, 0.1) is 0 Å². The van der Waals surface area contributed by atoms with Crippen molar-refractivity contribution in [1.82, 2.24) is 14.9 Å². The van der Waals surface area contributed by atoms with Crippen LogP contribution >= 0.6 is 11.8 Å². The molecular weight excluding hydrogens is 388 g/mol. The normalized spacial score (nSPS) is 10.7. The number of carbonyl (C=O) groups is 2. The van der Waals surface area contributed by atoms with Crippen LogP contribution in [0.1, 0.15) is 13.8 Å². The number of fused-ring (bicyclic) bond motifs is 1. The van der Waals surface area contributed by atoms with Crippen LogP contribution < -0.4 is 15.4 Å². The Morgan fingerprint density at radius 1 is 1.07 bits per heavy atom. The van der Waals surface area contributed by atoms with Gasteiger partial charge in [0.1, 0.15) is 5.75 Å². The second kappa shape index (κ2) is 9.97. The first-order valence-corrected chi connectivity index (χ1v) is 10.5. The number of benzene rings is 2. The average molecular weight is 413 g/mol. The summed E-state index contributed by atoms with van der Waals surface area (Å²) in [5.74, 6) is 0.438. The molecule has 152 valence electrons. The minimum atomic E-state index is -0.284. The van der Waals surface area contributed by atoms with Gasteiger partial charge in [0.2, 0.25) is 11.8 Å². The maximum absolute atomic E-state index is 12.1. The predicted molar refractivity (Wildman–Crippen MR) is 115 cm³/mol. The number of ether oxygens (including phenoxy) is 1. The van der Waals surface area contributed by atoms with E-state index in [9.17, 15) is 9.59 Å². The van der Waals surface area contributed by atoms with Crippen LogP contribution in [0.3, 0.4) is 0 Å². The van der Waals surface area contributed by atoms with Gasteiger partial charge in [0.05, 0.1) is 29.9 Å². The number of nitrogens with one attached hydrogen (secondary N) is 2. The highest BCUT2D eigenvalue weighted by Crippen LogP contribution is 2.23. The monoisotopic (exact) mass is 412 g/mol. The number of aryl methyl sites for hydroxylation is 1. The van der Waals surface area contributed by atoms with E-state index in [1.54, 1.807) is 24.3 Å². The Morgan fingerprint density at radius 2 is 1.83 bits per heavy atom. The van der Waals surface area contributed by atoms with Crippen molar-refractivity contribution in [3.05, 3.63) is 48.5 Å². The van der Waals surface area contributed by atoms with Crippen LogP contribution in [0.4, 0.5) is 5.69 Å². The molecule has 0 unspecified atom stereocenters. The molecule has 2 N–H and O–H groups in total. The first-order chi connectivity index (χ1) is 14.1. The zero-order valence-corrected chi connectivity index (χ0v) is 17.3. The van der Waals surface area contributed by atoms with Gasteiger partial charge >= 0.3 is 0 Å². The summed E-state index contributed by atoms with van der Waals surface area (Å²) < 4.78 is 7.44. The van der Waals surface area contributed by atoms with E-state index >= 15 is 0 Å². The third-order valence-electron chi connectivity index (χ3n) is 4.16. The number of para-hydroxylation sites is 2. The molecule has 3 aromatic rings. The largest absolute Gasteiger partial charge is 0.494 e. The SMILES string of the molecule is CCOc1ccc(NC(=O)CNC(=O)CSc2nc3ccccc3n2CC)cc1. The molecule has 1 heterocycles. The van der Waals surface area contributed by atoms with E-state index in [1.165, 1.54) is 11.8 Å². The van der Waals surface area contributed by atoms with Crippen LogP contribution in [-0.4, -0.2) is 40.3 Å². The fourth-order valence-corrected chi connectivity index (χ4v) is 3.74. The van der Waals surface area contributed by atoms with Gasteiger partial charge in [-0.25, -0.2) is 4.98 Å². The van der Waals surface area contributed by atoms with Crippen LogP contribution in [0.25, 0.3) is 11.0 Å². The van der Waals surface area contributed by atoms with Crippen LogP contribution in [0.2, 0.25) is 0 Å². The minimum absolute atomic E-state index is 0.0865. The molecule has 2 aromatic carbocycles. The number of imidazole rings is 1. The molecule has 1 aromatic heterocycles. The lowest BCUT2D eigenvalue weighted by Gasteiger charge is -2.08. The number of aromatic nitrogens is 2. The Labute approximate surface area is 173 Å². The molecule has 0 fully saturated rings. The second-order valence-electron chi connectivity index (χ2n) is 6.20. The minimum Gasteiger partial charge on any atom is -0.494 e. The summed E-state index contributed by atoms with van der Waals surface area (Å²) in [6.07, 6.45) is 0. The number of hydrogen-bond acceptors (Lipinski definition) is 5. The number of thioether (sulfide) groups is 1. The number of nitrogens with zero attached hydrogens (tertiary/aromatic N) is 2. The van der Waals surface area contributed by atoms with Gasteiger partial charge in [0.15, 0.2) is 5.16 Å².